The van der Waals surface area contributed by atoms with Crippen LogP contribution in [0.1, 0.15) is 58.3 Å². The molecule has 0 radical (unpaired) electrons. The van der Waals surface area contributed by atoms with Crippen LogP contribution in [0.15, 0.2) is 0 Å². The van der Waals surface area contributed by atoms with Crippen LogP contribution in [-0.4, -0.2) is 18.5 Å². The van der Waals surface area contributed by atoms with E-state index in [-0.39, 0.29) is 17.9 Å². The summed E-state index contributed by atoms with van der Waals surface area (Å²) in [4.78, 5) is 12.0. The first-order chi connectivity index (χ1) is 8.09. The van der Waals surface area contributed by atoms with E-state index in [9.17, 15) is 4.79 Å². The summed E-state index contributed by atoms with van der Waals surface area (Å²) in [5.41, 5.74) is 6.19. The van der Waals surface area contributed by atoms with Gasteiger partial charge in [-0.15, -0.1) is 0 Å². The molecule has 0 saturated heterocycles. The molecule has 0 bridgehead atoms. The highest BCUT2D eigenvalue weighted by Crippen LogP contribution is 2.35. The molecule has 98 valence electrons. The first-order valence-electron chi connectivity index (χ1n) is 7.12. The molecule has 0 aliphatic heterocycles. The van der Waals surface area contributed by atoms with Crippen LogP contribution in [0, 0.1) is 11.3 Å². The molecular weight excluding hydrogens is 212 g/mol. The van der Waals surface area contributed by atoms with Crippen molar-refractivity contribution in [1.82, 2.24) is 5.32 Å². The zero-order valence-corrected chi connectivity index (χ0v) is 11.0. The van der Waals surface area contributed by atoms with Crippen LogP contribution < -0.4 is 11.1 Å². The molecule has 2 aliphatic rings. The van der Waals surface area contributed by atoms with Crippen LogP contribution >= 0.6 is 0 Å². The van der Waals surface area contributed by atoms with Crippen molar-refractivity contribution < 1.29 is 4.79 Å². The Balaban J connectivity index is 1.75. The van der Waals surface area contributed by atoms with E-state index >= 15 is 0 Å². The molecule has 2 saturated carbocycles. The lowest BCUT2D eigenvalue weighted by Crippen LogP contribution is -2.39. The van der Waals surface area contributed by atoms with Crippen LogP contribution in [0.4, 0.5) is 0 Å². The summed E-state index contributed by atoms with van der Waals surface area (Å²) >= 11 is 0. The predicted molar refractivity (Wildman–Crippen MR) is 69.5 cm³/mol. The number of rotatable bonds is 3. The highest BCUT2D eigenvalue weighted by molar-refractivity contribution is 5.79. The van der Waals surface area contributed by atoms with E-state index in [0.717, 1.165) is 25.8 Å². The SMILES string of the molecule is CC1(CNC(=O)C2CCC(N)C2)CCCCC1. The Morgan fingerprint density at radius 2 is 2.00 bits per heavy atom. The number of carbonyl (C=O) groups excluding carboxylic acids is 1. The largest absolute Gasteiger partial charge is 0.355 e. The van der Waals surface area contributed by atoms with Gasteiger partial charge in [0, 0.05) is 18.5 Å². The molecule has 0 aromatic heterocycles. The summed E-state index contributed by atoms with van der Waals surface area (Å²) in [7, 11) is 0. The topological polar surface area (TPSA) is 55.1 Å². The summed E-state index contributed by atoms with van der Waals surface area (Å²) < 4.78 is 0. The lowest BCUT2D eigenvalue weighted by Gasteiger charge is -2.34. The van der Waals surface area contributed by atoms with E-state index in [4.69, 9.17) is 5.73 Å². The second-order valence-corrected chi connectivity index (χ2v) is 6.36. The van der Waals surface area contributed by atoms with Crippen LogP contribution in [0.2, 0.25) is 0 Å². The first-order valence-corrected chi connectivity index (χ1v) is 7.12. The van der Waals surface area contributed by atoms with Crippen LogP contribution in [0.25, 0.3) is 0 Å². The minimum Gasteiger partial charge on any atom is -0.355 e. The van der Waals surface area contributed by atoms with Gasteiger partial charge in [0.1, 0.15) is 0 Å². The Bertz CT molecular complexity index is 271. The van der Waals surface area contributed by atoms with Crippen molar-refractivity contribution in [2.45, 2.75) is 64.3 Å². The summed E-state index contributed by atoms with van der Waals surface area (Å²) in [6.07, 6.45) is 9.39. The maximum Gasteiger partial charge on any atom is 0.223 e. The second kappa shape index (κ2) is 5.38. The Labute approximate surface area is 105 Å². The van der Waals surface area contributed by atoms with Gasteiger partial charge < -0.3 is 11.1 Å². The van der Waals surface area contributed by atoms with Gasteiger partial charge in [-0.2, -0.15) is 0 Å². The van der Waals surface area contributed by atoms with Crippen LogP contribution in [0.5, 0.6) is 0 Å². The molecule has 3 heteroatoms. The summed E-state index contributed by atoms with van der Waals surface area (Å²) in [6, 6.07) is 0.246. The maximum atomic E-state index is 12.0. The molecule has 0 aromatic carbocycles. The first kappa shape index (κ1) is 12.9. The maximum absolute atomic E-state index is 12.0. The highest BCUT2D eigenvalue weighted by Gasteiger charge is 2.31. The third kappa shape index (κ3) is 3.44. The molecule has 0 aromatic rings. The molecule has 2 fully saturated rings. The van der Waals surface area contributed by atoms with E-state index in [2.05, 4.69) is 12.2 Å². The number of nitrogens with two attached hydrogens (primary N) is 1. The van der Waals surface area contributed by atoms with Gasteiger partial charge in [0.2, 0.25) is 5.91 Å². The molecule has 2 aliphatic carbocycles. The lowest BCUT2D eigenvalue weighted by molar-refractivity contribution is -0.125. The van der Waals surface area contributed by atoms with Crippen molar-refractivity contribution in [2.75, 3.05) is 6.54 Å². The Kier molecular flexibility index (Phi) is 4.08. The van der Waals surface area contributed by atoms with Crippen LogP contribution in [0.3, 0.4) is 0 Å². The Hall–Kier alpha value is -0.570. The van der Waals surface area contributed by atoms with Gasteiger partial charge in [-0.1, -0.05) is 26.2 Å². The molecule has 0 spiro atoms. The van der Waals surface area contributed by atoms with Crippen molar-refractivity contribution in [2.24, 2.45) is 17.1 Å². The van der Waals surface area contributed by atoms with E-state index in [1.165, 1.54) is 32.1 Å². The molecule has 2 unspecified atom stereocenters. The summed E-state index contributed by atoms with van der Waals surface area (Å²) in [5, 5.41) is 3.16. The van der Waals surface area contributed by atoms with Gasteiger partial charge in [0.05, 0.1) is 0 Å². The van der Waals surface area contributed by atoms with Crippen LogP contribution in [-0.2, 0) is 4.79 Å². The van der Waals surface area contributed by atoms with E-state index in [1.807, 2.05) is 0 Å². The number of hydrogen-bond donors (Lipinski definition) is 2. The quantitative estimate of drug-likeness (QED) is 0.792. The molecule has 2 atom stereocenters. The van der Waals surface area contributed by atoms with Gasteiger partial charge in [0.15, 0.2) is 0 Å². The molecule has 17 heavy (non-hydrogen) atoms. The molecule has 3 N–H and O–H groups in total. The highest BCUT2D eigenvalue weighted by atomic mass is 16.1. The number of hydrogen-bond acceptors (Lipinski definition) is 2. The fourth-order valence-corrected chi connectivity index (χ4v) is 3.28. The van der Waals surface area contributed by atoms with E-state index < -0.39 is 0 Å². The van der Waals surface area contributed by atoms with Crippen molar-refractivity contribution >= 4 is 5.91 Å². The average Bonchev–Trinajstić information content (AvgIpc) is 2.74. The van der Waals surface area contributed by atoms with Crippen molar-refractivity contribution in [3.63, 3.8) is 0 Å². The normalized spacial score (nSPS) is 32.4. The van der Waals surface area contributed by atoms with Crippen molar-refractivity contribution in [3.05, 3.63) is 0 Å². The predicted octanol–water partition coefficient (Wildman–Crippen LogP) is 2.20. The standard InChI is InChI=1S/C14H26N2O/c1-14(7-3-2-4-8-14)10-16-13(17)11-5-6-12(15)9-11/h11-12H,2-10,15H2,1H3,(H,16,17). The van der Waals surface area contributed by atoms with Gasteiger partial charge in [-0.25, -0.2) is 0 Å². The van der Waals surface area contributed by atoms with E-state index in [0.29, 0.717) is 5.41 Å². The molecule has 2 rings (SSSR count). The molecule has 0 heterocycles. The second-order valence-electron chi connectivity index (χ2n) is 6.36. The fraction of sp³-hybridized carbons (Fsp3) is 0.929. The zero-order chi connectivity index (χ0) is 12.3. The molecule has 1 amide bonds. The van der Waals surface area contributed by atoms with Gasteiger partial charge >= 0.3 is 0 Å². The van der Waals surface area contributed by atoms with Gasteiger partial charge in [-0.3, -0.25) is 4.79 Å². The number of amides is 1. The third-order valence-electron chi connectivity index (χ3n) is 4.59. The Morgan fingerprint density at radius 3 is 2.59 bits per heavy atom. The fourth-order valence-electron chi connectivity index (χ4n) is 3.28. The monoisotopic (exact) mass is 238 g/mol. The van der Waals surface area contributed by atoms with E-state index in [1.54, 1.807) is 0 Å². The minimum absolute atomic E-state index is 0.178. The summed E-state index contributed by atoms with van der Waals surface area (Å²) in [5.74, 6) is 0.418. The Morgan fingerprint density at radius 1 is 1.29 bits per heavy atom. The summed E-state index contributed by atoms with van der Waals surface area (Å²) in [6.45, 7) is 3.17. The number of carbonyl (C=O) groups is 1. The average molecular weight is 238 g/mol. The smallest absolute Gasteiger partial charge is 0.223 e. The number of nitrogens with one attached hydrogen (secondary N) is 1. The molecular formula is C14H26N2O. The van der Waals surface area contributed by atoms with Crippen molar-refractivity contribution in [1.29, 1.82) is 0 Å². The zero-order valence-electron chi connectivity index (χ0n) is 11.0. The molecule has 3 nitrogen and oxygen atoms in total. The lowest BCUT2D eigenvalue weighted by atomic mass is 9.75. The van der Waals surface area contributed by atoms with Gasteiger partial charge in [0.25, 0.3) is 0 Å². The third-order valence-corrected chi connectivity index (χ3v) is 4.59. The van der Waals surface area contributed by atoms with Gasteiger partial charge in [-0.05, 0) is 37.5 Å². The minimum atomic E-state index is 0.178. The van der Waals surface area contributed by atoms with Crippen molar-refractivity contribution in [3.8, 4) is 0 Å².